The maximum atomic E-state index is 12.5. The Hall–Kier alpha value is -2.33. The zero-order chi connectivity index (χ0) is 20.0. The van der Waals surface area contributed by atoms with Gasteiger partial charge in [0.05, 0.1) is 22.5 Å². The highest BCUT2D eigenvalue weighted by atomic mass is 35.5. The molecular formula is C23H25ClN2O2. The molecule has 1 N–H and O–H groups in total. The van der Waals surface area contributed by atoms with Crippen LogP contribution in [0, 0.1) is 18.8 Å². The van der Waals surface area contributed by atoms with E-state index in [-0.39, 0.29) is 11.5 Å². The van der Waals surface area contributed by atoms with Gasteiger partial charge in [-0.05, 0) is 72.1 Å². The van der Waals surface area contributed by atoms with Crippen molar-refractivity contribution >= 4 is 22.5 Å². The molecule has 4 nitrogen and oxygen atoms in total. The second kappa shape index (κ2) is 7.25. The average molecular weight is 397 g/mol. The molecule has 1 saturated carbocycles. The SMILES string of the molecule is Cc1nc2cc(C(C)C)c(-c3ccc(Cl)c(OCC4CC4C)c3)cc2c(=O)[nH]1. The first-order valence-electron chi connectivity index (χ1n) is 9.80. The number of halogens is 1. The van der Waals surface area contributed by atoms with Crippen molar-refractivity contribution in [1.29, 1.82) is 0 Å². The number of nitrogens with zero attached hydrogens (tertiary/aromatic N) is 1. The number of aryl methyl sites for hydroxylation is 1. The Morgan fingerprint density at radius 3 is 2.71 bits per heavy atom. The molecule has 0 aliphatic heterocycles. The first-order chi connectivity index (χ1) is 13.3. The van der Waals surface area contributed by atoms with Crippen molar-refractivity contribution in [1.82, 2.24) is 9.97 Å². The summed E-state index contributed by atoms with van der Waals surface area (Å²) in [5.41, 5.74) is 3.76. The number of fused-ring (bicyclic) bond motifs is 1. The van der Waals surface area contributed by atoms with E-state index in [4.69, 9.17) is 16.3 Å². The Morgan fingerprint density at radius 2 is 2.04 bits per heavy atom. The summed E-state index contributed by atoms with van der Waals surface area (Å²) >= 11 is 6.37. The molecule has 0 saturated heterocycles. The third-order valence-electron chi connectivity index (χ3n) is 5.59. The predicted octanol–water partition coefficient (Wildman–Crippen LogP) is 5.71. The molecule has 0 bridgehead atoms. The number of rotatable bonds is 5. The van der Waals surface area contributed by atoms with Crippen LogP contribution in [0.3, 0.4) is 0 Å². The summed E-state index contributed by atoms with van der Waals surface area (Å²) in [6, 6.07) is 9.80. The van der Waals surface area contributed by atoms with Gasteiger partial charge in [-0.2, -0.15) is 0 Å². The molecule has 1 aliphatic rings. The van der Waals surface area contributed by atoms with Gasteiger partial charge in [0.15, 0.2) is 0 Å². The summed E-state index contributed by atoms with van der Waals surface area (Å²) in [7, 11) is 0. The van der Waals surface area contributed by atoms with E-state index in [1.54, 1.807) is 6.92 Å². The number of hydrogen-bond acceptors (Lipinski definition) is 3. The predicted molar refractivity (Wildman–Crippen MR) is 114 cm³/mol. The number of benzene rings is 2. The molecule has 2 unspecified atom stereocenters. The lowest BCUT2D eigenvalue weighted by Crippen LogP contribution is -2.10. The highest BCUT2D eigenvalue weighted by Gasteiger charge is 2.33. The van der Waals surface area contributed by atoms with E-state index in [0.717, 1.165) is 28.1 Å². The number of nitrogens with one attached hydrogen (secondary N) is 1. The smallest absolute Gasteiger partial charge is 0.258 e. The Kier molecular flexibility index (Phi) is 4.92. The molecule has 146 valence electrons. The Labute approximate surface area is 169 Å². The van der Waals surface area contributed by atoms with Crippen LogP contribution < -0.4 is 10.3 Å². The highest BCUT2D eigenvalue weighted by Crippen LogP contribution is 2.40. The largest absolute Gasteiger partial charge is 0.492 e. The number of aromatic nitrogens is 2. The van der Waals surface area contributed by atoms with E-state index in [1.807, 2.05) is 30.3 Å². The van der Waals surface area contributed by atoms with Crippen molar-refractivity contribution in [2.75, 3.05) is 6.61 Å². The van der Waals surface area contributed by atoms with Crippen LogP contribution in [0.5, 0.6) is 5.75 Å². The quantitative estimate of drug-likeness (QED) is 0.600. The van der Waals surface area contributed by atoms with Crippen LogP contribution in [0.1, 0.15) is 44.5 Å². The zero-order valence-electron chi connectivity index (χ0n) is 16.7. The Balaban J connectivity index is 1.81. The molecule has 3 aromatic rings. The Morgan fingerprint density at radius 1 is 1.29 bits per heavy atom. The maximum Gasteiger partial charge on any atom is 0.258 e. The highest BCUT2D eigenvalue weighted by molar-refractivity contribution is 6.32. The van der Waals surface area contributed by atoms with Crippen LogP contribution in [0.15, 0.2) is 35.1 Å². The van der Waals surface area contributed by atoms with Gasteiger partial charge in [0.1, 0.15) is 11.6 Å². The number of ether oxygens (including phenoxy) is 1. The van der Waals surface area contributed by atoms with Crippen molar-refractivity contribution in [3.8, 4) is 16.9 Å². The molecule has 0 spiro atoms. The summed E-state index contributed by atoms with van der Waals surface area (Å²) < 4.78 is 6.01. The molecule has 28 heavy (non-hydrogen) atoms. The van der Waals surface area contributed by atoms with Crippen molar-refractivity contribution < 1.29 is 4.74 Å². The minimum Gasteiger partial charge on any atom is -0.492 e. The number of aromatic amines is 1. The molecule has 2 atom stereocenters. The fraction of sp³-hybridized carbons (Fsp3) is 0.391. The molecule has 2 aromatic carbocycles. The summed E-state index contributed by atoms with van der Waals surface area (Å²) in [5.74, 6) is 2.96. The molecule has 0 radical (unpaired) electrons. The van der Waals surface area contributed by atoms with E-state index in [2.05, 4.69) is 30.7 Å². The third kappa shape index (κ3) is 3.66. The van der Waals surface area contributed by atoms with Crippen molar-refractivity contribution in [2.24, 2.45) is 11.8 Å². The zero-order valence-corrected chi connectivity index (χ0v) is 17.4. The third-order valence-corrected chi connectivity index (χ3v) is 5.90. The molecule has 4 rings (SSSR count). The summed E-state index contributed by atoms with van der Waals surface area (Å²) in [6.45, 7) is 9.03. The fourth-order valence-electron chi connectivity index (χ4n) is 3.66. The number of H-pyrrole nitrogens is 1. The minimum atomic E-state index is -0.118. The molecule has 0 amide bonds. The van der Waals surface area contributed by atoms with Crippen LogP contribution in [0.2, 0.25) is 5.02 Å². The van der Waals surface area contributed by atoms with Gasteiger partial charge in [0.25, 0.3) is 5.56 Å². The maximum absolute atomic E-state index is 12.5. The van der Waals surface area contributed by atoms with Gasteiger partial charge in [-0.1, -0.05) is 38.4 Å². The van der Waals surface area contributed by atoms with E-state index in [1.165, 1.54) is 6.42 Å². The van der Waals surface area contributed by atoms with Gasteiger partial charge in [-0.25, -0.2) is 4.98 Å². The van der Waals surface area contributed by atoms with Crippen LogP contribution in [0.25, 0.3) is 22.0 Å². The van der Waals surface area contributed by atoms with Crippen LogP contribution >= 0.6 is 11.6 Å². The van der Waals surface area contributed by atoms with Crippen molar-refractivity contribution in [3.05, 3.63) is 57.1 Å². The first-order valence-corrected chi connectivity index (χ1v) is 10.2. The number of hydrogen-bond donors (Lipinski definition) is 1. The van der Waals surface area contributed by atoms with E-state index >= 15 is 0 Å². The molecule has 1 heterocycles. The van der Waals surface area contributed by atoms with Gasteiger partial charge in [-0.15, -0.1) is 0 Å². The fourth-order valence-corrected chi connectivity index (χ4v) is 3.83. The van der Waals surface area contributed by atoms with Gasteiger partial charge in [-0.3, -0.25) is 4.79 Å². The average Bonchev–Trinajstić information content (AvgIpc) is 3.35. The lowest BCUT2D eigenvalue weighted by Gasteiger charge is -2.16. The topological polar surface area (TPSA) is 55.0 Å². The second-order valence-electron chi connectivity index (χ2n) is 8.19. The first kappa shape index (κ1) is 19.0. The van der Waals surface area contributed by atoms with Gasteiger partial charge in [0, 0.05) is 0 Å². The summed E-state index contributed by atoms with van der Waals surface area (Å²) in [5, 5.41) is 1.20. The standard InChI is InChI=1S/C23H25ClN2O2/c1-12(2)17-10-21-19(23(27)26-14(4)25-21)9-18(17)15-5-6-20(24)22(8-15)28-11-16-7-13(16)3/h5-6,8-10,12-13,16H,7,11H2,1-4H3,(H,25,26,27). The van der Waals surface area contributed by atoms with Gasteiger partial charge >= 0.3 is 0 Å². The molecular weight excluding hydrogens is 372 g/mol. The monoisotopic (exact) mass is 396 g/mol. The molecule has 1 aliphatic carbocycles. The van der Waals surface area contributed by atoms with Gasteiger partial charge < -0.3 is 9.72 Å². The molecule has 5 heteroatoms. The summed E-state index contributed by atoms with van der Waals surface area (Å²) in [4.78, 5) is 19.8. The van der Waals surface area contributed by atoms with Crippen LogP contribution in [0.4, 0.5) is 0 Å². The summed E-state index contributed by atoms with van der Waals surface area (Å²) in [6.07, 6.45) is 1.22. The lowest BCUT2D eigenvalue weighted by atomic mass is 9.91. The molecule has 1 aromatic heterocycles. The van der Waals surface area contributed by atoms with E-state index < -0.39 is 0 Å². The second-order valence-corrected chi connectivity index (χ2v) is 8.60. The lowest BCUT2D eigenvalue weighted by molar-refractivity contribution is 0.293. The van der Waals surface area contributed by atoms with E-state index in [0.29, 0.717) is 34.5 Å². The van der Waals surface area contributed by atoms with Crippen molar-refractivity contribution in [3.63, 3.8) is 0 Å². The Bertz CT molecular complexity index is 1100. The normalized spacial score (nSPS) is 18.6. The van der Waals surface area contributed by atoms with Crippen LogP contribution in [-0.2, 0) is 0 Å². The molecule has 1 fully saturated rings. The van der Waals surface area contributed by atoms with E-state index in [9.17, 15) is 4.79 Å². The minimum absolute atomic E-state index is 0.118. The van der Waals surface area contributed by atoms with Crippen molar-refractivity contribution in [2.45, 2.75) is 40.0 Å². The van der Waals surface area contributed by atoms with Gasteiger partial charge in [0.2, 0.25) is 0 Å². The van der Waals surface area contributed by atoms with Crippen LogP contribution in [-0.4, -0.2) is 16.6 Å².